The predicted octanol–water partition coefficient (Wildman–Crippen LogP) is 5.14. The van der Waals surface area contributed by atoms with Crippen LogP contribution in [-0.4, -0.2) is 25.2 Å². The fourth-order valence-electron chi connectivity index (χ4n) is 5.05. The lowest BCUT2D eigenvalue weighted by molar-refractivity contribution is 0.398. The van der Waals surface area contributed by atoms with Crippen molar-refractivity contribution in [1.29, 1.82) is 0 Å². The number of benzene rings is 3. The highest BCUT2D eigenvalue weighted by molar-refractivity contribution is 7.92. The molecule has 0 saturated carbocycles. The molecular weight excluding hydrogens is 436 g/mol. The number of fused-ring (bicyclic) bond motifs is 3. The Labute approximate surface area is 193 Å². The van der Waals surface area contributed by atoms with Gasteiger partial charge in [0.15, 0.2) is 0 Å². The molecule has 33 heavy (non-hydrogen) atoms. The number of phenols is 2. The van der Waals surface area contributed by atoms with E-state index in [2.05, 4.69) is 17.5 Å². The molecule has 5 rings (SSSR count). The van der Waals surface area contributed by atoms with Crippen LogP contribution in [0, 0.1) is 5.92 Å². The molecule has 1 aliphatic carbocycles. The number of hydrogen-bond acceptors (Lipinski definition) is 5. The van der Waals surface area contributed by atoms with E-state index in [0.29, 0.717) is 12.2 Å². The van der Waals surface area contributed by atoms with Crippen LogP contribution in [0.5, 0.6) is 11.5 Å². The van der Waals surface area contributed by atoms with Crippen molar-refractivity contribution in [3.05, 3.63) is 90.0 Å². The van der Waals surface area contributed by atoms with E-state index in [4.69, 9.17) is 0 Å². The number of sulfonamides is 1. The fourth-order valence-corrected chi connectivity index (χ4v) is 6.56. The Hall–Kier alpha value is -3.45. The molecule has 0 amide bonds. The standard InChI is InChI=1S/C26H26N2O4S/c1-2-28(17-7-4-3-5-8-17)33(31,32)19-12-14-24-23(16-19)20-9-6-10-21(20)26(27-24)22-13-11-18(29)15-25(22)30/h3-9,11-16,20-21,26-27,29-30H,2,10H2,1H3. The van der Waals surface area contributed by atoms with E-state index >= 15 is 0 Å². The van der Waals surface area contributed by atoms with Gasteiger partial charge in [0.2, 0.25) is 0 Å². The molecule has 3 aromatic carbocycles. The van der Waals surface area contributed by atoms with Crippen LogP contribution in [0.25, 0.3) is 0 Å². The van der Waals surface area contributed by atoms with Crippen molar-refractivity contribution in [3.63, 3.8) is 0 Å². The average Bonchev–Trinajstić information content (AvgIpc) is 3.30. The second-order valence-corrected chi connectivity index (χ2v) is 10.3. The summed E-state index contributed by atoms with van der Waals surface area (Å²) in [7, 11) is -3.73. The highest BCUT2D eigenvalue weighted by Crippen LogP contribution is 2.51. The van der Waals surface area contributed by atoms with E-state index in [1.54, 1.807) is 36.4 Å². The van der Waals surface area contributed by atoms with E-state index in [9.17, 15) is 18.6 Å². The molecule has 0 aromatic heterocycles. The number of allylic oxidation sites excluding steroid dienone is 2. The minimum atomic E-state index is -3.73. The largest absolute Gasteiger partial charge is 0.508 e. The third-order valence-corrected chi connectivity index (χ3v) is 8.50. The number of nitrogens with one attached hydrogen (secondary N) is 1. The molecule has 1 aliphatic heterocycles. The van der Waals surface area contributed by atoms with Gasteiger partial charge in [0.05, 0.1) is 16.6 Å². The molecule has 0 radical (unpaired) electrons. The number of aromatic hydroxyl groups is 2. The molecule has 0 fully saturated rings. The zero-order valence-electron chi connectivity index (χ0n) is 18.2. The van der Waals surface area contributed by atoms with E-state index in [1.165, 1.54) is 10.4 Å². The highest BCUT2D eigenvalue weighted by Gasteiger charge is 2.39. The summed E-state index contributed by atoms with van der Waals surface area (Å²) in [5.74, 6) is 0.216. The van der Waals surface area contributed by atoms with Crippen LogP contribution in [0.3, 0.4) is 0 Å². The van der Waals surface area contributed by atoms with Crippen LogP contribution >= 0.6 is 0 Å². The summed E-state index contributed by atoms with van der Waals surface area (Å²) >= 11 is 0. The molecule has 7 heteroatoms. The van der Waals surface area contributed by atoms with E-state index in [1.807, 2.05) is 31.2 Å². The van der Waals surface area contributed by atoms with Crippen molar-refractivity contribution in [2.75, 3.05) is 16.2 Å². The lowest BCUT2D eigenvalue weighted by Gasteiger charge is -2.38. The molecule has 0 bridgehead atoms. The van der Waals surface area contributed by atoms with Gasteiger partial charge in [-0.1, -0.05) is 30.4 Å². The molecule has 3 unspecified atom stereocenters. The molecule has 3 aromatic rings. The van der Waals surface area contributed by atoms with E-state index in [-0.39, 0.29) is 34.3 Å². The number of rotatable bonds is 5. The normalized spacial score (nSPS) is 21.2. The van der Waals surface area contributed by atoms with Gasteiger partial charge < -0.3 is 15.5 Å². The van der Waals surface area contributed by atoms with Crippen LogP contribution in [0.15, 0.2) is 83.8 Å². The Balaban J connectivity index is 1.54. The van der Waals surface area contributed by atoms with E-state index in [0.717, 1.165) is 23.2 Å². The van der Waals surface area contributed by atoms with Gasteiger partial charge in [-0.25, -0.2) is 8.42 Å². The molecule has 0 saturated heterocycles. The van der Waals surface area contributed by atoms with Crippen LogP contribution in [0.1, 0.15) is 36.4 Å². The Morgan fingerprint density at radius 3 is 2.52 bits per heavy atom. The maximum atomic E-state index is 13.5. The summed E-state index contributed by atoms with van der Waals surface area (Å²) in [5.41, 5.74) is 3.14. The molecular formula is C26H26N2O4S. The Kier molecular flexibility index (Phi) is 5.29. The van der Waals surface area contributed by atoms with E-state index < -0.39 is 10.0 Å². The second-order valence-electron chi connectivity index (χ2n) is 8.47. The van der Waals surface area contributed by atoms with Gasteiger partial charge in [0.25, 0.3) is 10.0 Å². The first-order valence-electron chi connectivity index (χ1n) is 11.1. The minimum Gasteiger partial charge on any atom is -0.508 e. The summed E-state index contributed by atoms with van der Waals surface area (Å²) < 4.78 is 28.5. The summed E-state index contributed by atoms with van der Waals surface area (Å²) in [5, 5.41) is 23.6. The molecule has 2 aliphatic rings. The van der Waals surface area contributed by atoms with Crippen LogP contribution in [0.4, 0.5) is 11.4 Å². The number of hydrogen-bond donors (Lipinski definition) is 3. The minimum absolute atomic E-state index is 0.0160. The molecule has 6 nitrogen and oxygen atoms in total. The number of nitrogens with zero attached hydrogens (tertiary/aromatic N) is 1. The zero-order chi connectivity index (χ0) is 23.2. The molecule has 3 atom stereocenters. The van der Waals surface area contributed by atoms with Gasteiger partial charge in [0, 0.05) is 29.8 Å². The summed E-state index contributed by atoms with van der Waals surface area (Å²) in [4.78, 5) is 0.263. The summed E-state index contributed by atoms with van der Waals surface area (Å²) in [6.45, 7) is 2.16. The average molecular weight is 463 g/mol. The smallest absolute Gasteiger partial charge is 0.264 e. The summed E-state index contributed by atoms with van der Waals surface area (Å²) in [6, 6.07) is 18.9. The molecule has 3 N–H and O–H groups in total. The van der Waals surface area contributed by atoms with Gasteiger partial charge in [-0.05, 0) is 67.3 Å². The fraction of sp³-hybridized carbons (Fsp3) is 0.231. The predicted molar refractivity (Wildman–Crippen MR) is 129 cm³/mol. The van der Waals surface area contributed by atoms with Gasteiger partial charge in [0.1, 0.15) is 11.5 Å². The first-order chi connectivity index (χ1) is 15.9. The van der Waals surface area contributed by atoms with Gasteiger partial charge in [-0.15, -0.1) is 0 Å². The Bertz CT molecular complexity index is 1320. The maximum Gasteiger partial charge on any atom is 0.264 e. The zero-order valence-corrected chi connectivity index (χ0v) is 19.0. The van der Waals surface area contributed by atoms with Crippen molar-refractivity contribution < 1.29 is 18.6 Å². The number of phenolic OH excluding ortho intramolecular Hbond substituents is 2. The number of para-hydroxylation sites is 1. The molecule has 170 valence electrons. The highest BCUT2D eigenvalue weighted by atomic mass is 32.2. The number of anilines is 2. The maximum absolute atomic E-state index is 13.5. The first kappa shape index (κ1) is 21.4. The van der Waals surface area contributed by atoms with Gasteiger partial charge in [-0.2, -0.15) is 0 Å². The topological polar surface area (TPSA) is 89.9 Å². The van der Waals surface area contributed by atoms with Gasteiger partial charge in [-0.3, -0.25) is 4.31 Å². The lowest BCUT2D eigenvalue weighted by atomic mass is 9.77. The third-order valence-electron chi connectivity index (χ3n) is 6.60. The Morgan fingerprint density at radius 2 is 1.79 bits per heavy atom. The Morgan fingerprint density at radius 1 is 1.00 bits per heavy atom. The molecule has 0 spiro atoms. The SMILES string of the molecule is CCN(c1ccccc1)S(=O)(=O)c1ccc2c(c1)C1C=CCC1C(c1ccc(O)cc1O)N2. The van der Waals surface area contributed by atoms with Crippen molar-refractivity contribution in [1.82, 2.24) is 0 Å². The first-order valence-corrected chi connectivity index (χ1v) is 12.5. The van der Waals surface area contributed by atoms with Crippen molar-refractivity contribution in [3.8, 4) is 11.5 Å². The van der Waals surface area contributed by atoms with Crippen LogP contribution in [-0.2, 0) is 10.0 Å². The van der Waals surface area contributed by atoms with Crippen molar-refractivity contribution in [2.24, 2.45) is 5.92 Å². The lowest BCUT2D eigenvalue weighted by Crippen LogP contribution is -2.32. The third kappa shape index (κ3) is 3.62. The summed E-state index contributed by atoms with van der Waals surface area (Å²) in [6.07, 6.45) is 5.05. The molecule has 1 heterocycles. The quantitative estimate of drug-likeness (QED) is 0.457. The van der Waals surface area contributed by atoms with Crippen molar-refractivity contribution in [2.45, 2.75) is 30.2 Å². The monoisotopic (exact) mass is 462 g/mol. The van der Waals surface area contributed by atoms with Gasteiger partial charge >= 0.3 is 0 Å². The van der Waals surface area contributed by atoms with Crippen LogP contribution < -0.4 is 9.62 Å². The second kappa shape index (κ2) is 8.15. The van der Waals surface area contributed by atoms with Crippen molar-refractivity contribution >= 4 is 21.4 Å². The van der Waals surface area contributed by atoms with Crippen LogP contribution in [0.2, 0.25) is 0 Å².